The zero-order valence-electron chi connectivity index (χ0n) is 9.07. The van der Waals surface area contributed by atoms with E-state index in [-0.39, 0.29) is 29.3 Å². The fourth-order valence-electron chi connectivity index (χ4n) is 1.25. The van der Waals surface area contributed by atoms with Gasteiger partial charge in [0, 0.05) is 5.69 Å². The summed E-state index contributed by atoms with van der Waals surface area (Å²) in [6, 6.07) is 2.42. The van der Waals surface area contributed by atoms with Crippen molar-refractivity contribution in [3.8, 4) is 5.75 Å². The van der Waals surface area contributed by atoms with Crippen molar-refractivity contribution in [3.63, 3.8) is 0 Å². The van der Waals surface area contributed by atoms with Gasteiger partial charge in [0.05, 0.1) is 12.3 Å². The fraction of sp³-hybridized carbons (Fsp3) is 0.300. The molecule has 0 radical (unpaired) electrons. The second-order valence-electron chi connectivity index (χ2n) is 3.04. The molecule has 17 heavy (non-hydrogen) atoms. The minimum atomic E-state index is -3.03. The molecule has 1 aromatic rings. The van der Waals surface area contributed by atoms with E-state index >= 15 is 0 Å². The number of hydrogen-bond donors (Lipinski definition) is 2. The number of rotatable bonds is 4. The monoisotopic (exact) mass is 246 g/mol. The second kappa shape index (κ2) is 5.33. The maximum Gasteiger partial charge on any atom is 0.387 e. The molecule has 0 atom stereocenters. The summed E-state index contributed by atoms with van der Waals surface area (Å²) in [7, 11) is 0. The number of hydrogen-bond acceptors (Lipinski definition) is 5. The van der Waals surface area contributed by atoms with Gasteiger partial charge in [-0.05, 0) is 19.1 Å². The zero-order chi connectivity index (χ0) is 13.0. The molecule has 0 unspecified atom stereocenters. The summed E-state index contributed by atoms with van der Waals surface area (Å²) < 4.78 is 33.0. The smallest absolute Gasteiger partial charge is 0.387 e. The second-order valence-corrected chi connectivity index (χ2v) is 3.04. The Kier molecular flexibility index (Phi) is 4.08. The summed E-state index contributed by atoms with van der Waals surface area (Å²) in [5.74, 6) is -1.08. The van der Waals surface area contributed by atoms with Crippen LogP contribution in [0.25, 0.3) is 0 Å². The molecule has 0 bridgehead atoms. The normalized spacial score (nSPS) is 10.4. The van der Waals surface area contributed by atoms with Crippen LogP contribution >= 0.6 is 0 Å². The average molecular weight is 246 g/mol. The number of halogens is 2. The quantitative estimate of drug-likeness (QED) is 0.622. The molecular formula is C10H12F2N2O3. The number of nitrogen functional groups attached to an aromatic ring is 2. The van der Waals surface area contributed by atoms with Crippen LogP contribution in [0.15, 0.2) is 12.1 Å². The van der Waals surface area contributed by atoms with E-state index in [1.807, 2.05) is 0 Å². The number of ether oxygens (including phenoxy) is 2. The van der Waals surface area contributed by atoms with E-state index in [9.17, 15) is 13.6 Å². The topological polar surface area (TPSA) is 87.6 Å². The molecule has 0 aliphatic carbocycles. The Morgan fingerprint density at radius 2 is 2.06 bits per heavy atom. The molecule has 94 valence electrons. The molecule has 5 nitrogen and oxygen atoms in total. The Bertz CT molecular complexity index is 424. The molecule has 0 spiro atoms. The molecule has 0 amide bonds. The minimum absolute atomic E-state index is 0.0440. The van der Waals surface area contributed by atoms with Gasteiger partial charge in [-0.1, -0.05) is 0 Å². The maximum absolute atomic E-state index is 12.1. The Morgan fingerprint density at radius 1 is 1.41 bits per heavy atom. The molecule has 1 rings (SSSR count). The fourth-order valence-corrected chi connectivity index (χ4v) is 1.25. The molecule has 0 fully saturated rings. The van der Waals surface area contributed by atoms with Gasteiger partial charge in [-0.3, -0.25) is 0 Å². The number of alkyl halides is 2. The summed E-state index contributed by atoms with van der Waals surface area (Å²) in [4.78, 5) is 11.5. The van der Waals surface area contributed by atoms with E-state index < -0.39 is 12.6 Å². The number of carbonyl (C=O) groups excluding carboxylic acids is 1. The predicted octanol–water partition coefficient (Wildman–Crippen LogP) is 1.63. The minimum Gasteiger partial charge on any atom is -0.462 e. The molecular weight excluding hydrogens is 234 g/mol. The Balaban J connectivity index is 3.15. The molecule has 0 saturated heterocycles. The van der Waals surface area contributed by atoms with Gasteiger partial charge in [0.2, 0.25) is 0 Å². The first-order valence-electron chi connectivity index (χ1n) is 4.77. The van der Waals surface area contributed by atoms with Crippen molar-refractivity contribution in [2.75, 3.05) is 18.1 Å². The molecule has 1 aromatic carbocycles. The first kappa shape index (κ1) is 13.0. The van der Waals surface area contributed by atoms with Crippen molar-refractivity contribution in [3.05, 3.63) is 17.7 Å². The van der Waals surface area contributed by atoms with E-state index in [0.717, 1.165) is 0 Å². The zero-order valence-corrected chi connectivity index (χ0v) is 9.07. The van der Waals surface area contributed by atoms with Crippen molar-refractivity contribution < 1.29 is 23.0 Å². The van der Waals surface area contributed by atoms with Crippen LogP contribution in [-0.4, -0.2) is 19.2 Å². The summed E-state index contributed by atoms with van der Waals surface area (Å²) in [5, 5.41) is 0. The lowest BCUT2D eigenvalue weighted by Crippen LogP contribution is -2.13. The van der Waals surface area contributed by atoms with Gasteiger partial charge in [0.15, 0.2) is 0 Å². The van der Waals surface area contributed by atoms with E-state index in [1.165, 1.54) is 12.1 Å². The van der Waals surface area contributed by atoms with Crippen LogP contribution in [0.5, 0.6) is 5.75 Å². The van der Waals surface area contributed by atoms with E-state index in [1.54, 1.807) is 6.92 Å². The molecule has 4 N–H and O–H groups in total. The first-order valence-corrected chi connectivity index (χ1v) is 4.77. The van der Waals surface area contributed by atoms with Crippen LogP contribution in [0, 0.1) is 0 Å². The van der Waals surface area contributed by atoms with Gasteiger partial charge in [-0.2, -0.15) is 8.78 Å². The van der Waals surface area contributed by atoms with Gasteiger partial charge in [0.1, 0.15) is 11.3 Å². The molecule has 0 aromatic heterocycles. The van der Waals surface area contributed by atoms with Gasteiger partial charge < -0.3 is 20.9 Å². The van der Waals surface area contributed by atoms with Gasteiger partial charge in [-0.25, -0.2) is 4.79 Å². The van der Waals surface area contributed by atoms with Gasteiger partial charge >= 0.3 is 12.6 Å². The van der Waals surface area contributed by atoms with Gasteiger partial charge in [-0.15, -0.1) is 0 Å². The lowest BCUT2D eigenvalue weighted by molar-refractivity contribution is -0.0494. The largest absolute Gasteiger partial charge is 0.462 e. The van der Waals surface area contributed by atoms with E-state index in [0.29, 0.717) is 0 Å². The van der Waals surface area contributed by atoms with Crippen molar-refractivity contribution in [1.82, 2.24) is 0 Å². The molecule has 0 saturated carbocycles. The van der Waals surface area contributed by atoms with Gasteiger partial charge in [0.25, 0.3) is 0 Å². The number of esters is 1. The Labute approximate surface area is 96.3 Å². The molecule has 0 aliphatic heterocycles. The average Bonchev–Trinajstić information content (AvgIpc) is 2.22. The third kappa shape index (κ3) is 2.96. The van der Waals surface area contributed by atoms with Crippen LogP contribution in [0.2, 0.25) is 0 Å². The number of carbonyl (C=O) groups is 1. The summed E-state index contributed by atoms with van der Waals surface area (Å²) in [6.45, 7) is -1.31. The van der Waals surface area contributed by atoms with Crippen LogP contribution in [0.4, 0.5) is 20.2 Å². The lowest BCUT2D eigenvalue weighted by Gasteiger charge is -2.12. The number of anilines is 2. The standard InChI is InChI=1S/C10H12F2N2O3/c1-2-16-9(15)7-5(13)3-4-6(8(7)14)17-10(11)12/h3-4,10H,2,13-14H2,1H3. The molecule has 0 heterocycles. The third-order valence-electron chi connectivity index (χ3n) is 1.93. The highest BCUT2D eigenvalue weighted by Gasteiger charge is 2.19. The summed E-state index contributed by atoms with van der Waals surface area (Å²) in [5.41, 5.74) is 10.7. The summed E-state index contributed by atoms with van der Waals surface area (Å²) >= 11 is 0. The van der Waals surface area contributed by atoms with Crippen LogP contribution in [0.1, 0.15) is 17.3 Å². The van der Waals surface area contributed by atoms with Crippen LogP contribution < -0.4 is 16.2 Å². The summed E-state index contributed by atoms with van der Waals surface area (Å²) in [6.07, 6.45) is 0. The van der Waals surface area contributed by atoms with E-state index in [2.05, 4.69) is 4.74 Å². The Morgan fingerprint density at radius 3 is 2.59 bits per heavy atom. The highest BCUT2D eigenvalue weighted by molar-refractivity contribution is 6.02. The third-order valence-corrected chi connectivity index (χ3v) is 1.93. The Hall–Kier alpha value is -2.05. The first-order chi connectivity index (χ1) is 7.97. The van der Waals surface area contributed by atoms with E-state index in [4.69, 9.17) is 16.2 Å². The van der Waals surface area contributed by atoms with Crippen molar-refractivity contribution >= 4 is 17.3 Å². The highest BCUT2D eigenvalue weighted by Crippen LogP contribution is 2.31. The lowest BCUT2D eigenvalue weighted by atomic mass is 10.1. The van der Waals surface area contributed by atoms with Crippen molar-refractivity contribution in [2.45, 2.75) is 13.5 Å². The SMILES string of the molecule is CCOC(=O)c1c(N)ccc(OC(F)F)c1N. The number of benzene rings is 1. The molecule has 0 aliphatic rings. The number of nitrogens with two attached hydrogens (primary N) is 2. The maximum atomic E-state index is 12.1. The van der Waals surface area contributed by atoms with Crippen molar-refractivity contribution in [2.24, 2.45) is 0 Å². The highest BCUT2D eigenvalue weighted by atomic mass is 19.3. The van der Waals surface area contributed by atoms with Crippen LogP contribution in [0.3, 0.4) is 0 Å². The predicted molar refractivity (Wildman–Crippen MR) is 57.9 cm³/mol. The van der Waals surface area contributed by atoms with Crippen molar-refractivity contribution in [1.29, 1.82) is 0 Å². The van der Waals surface area contributed by atoms with Crippen LogP contribution in [-0.2, 0) is 4.74 Å². The molecule has 7 heteroatoms.